The number of ether oxygens (including phenoxy) is 1. The Hall–Kier alpha value is -0.750. The molecular weight excluding hydrogens is 182 g/mol. The Balaban J connectivity index is 4.43. The summed E-state index contributed by atoms with van der Waals surface area (Å²) in [6.45, 7) is 0.501. The lowest BCUT2D eigenvalue weighted by molar-refractivity contribution is -0.489. The zero-order valence-corrected chi connectivity index (χ0v) is 7.69. The maximum Gasteiger partial charge on any atom is 0.373 e. The summed E-state index contributed by atoms with van der Waals surface area (Å²) >= 11 is 0. The minimum atomic E-state index is -2.80. The van der Waals surface area contributed by atoms with E-state index >= 15 is 0 Å². The Bertz CT molecular complexity index is 178. The van der Waals surface area contributed by atoms with Crippen molar-refractivity contribution in [3.63, 3.8) is 0 Å². The van der Waals surface area contributed by atoms with Gasteiger partial charge >= 0.3 is 12.4 Å². The number of carbonyl (C=O) groups excluding carboxylic acids is 1. The Labute approximate surface area is 75.2 Å². The Morgan fingerprint density at radius 3 is 2.46 bits per heavy atom. The third kappa shape index (κ3) is 2.89. The van der Waals surface area contributed by atoms with Crippen molar-refractivity contribution in [3.8, 4) is 0 Å². The number of halogens is 2. The van der Waals surface area contributed by atoms with Crippen molar-refractivity contribution in [1.82, 2.24) is 0 Å². The molecule has 0 aromatic carbocycles. The molecule has 0 spiro atoms. The van der Waals surface area contributed by atoms with Crippen LogP contribution in [0.25, 0.3) is 0 Å². The highest BCUT2D eigenvalue weighted by Crippen LogP contribution is 2.18. The van der Waals surface area contributed by atoms with E-state index in [4.69, 9.17) is 0 Å². The van der Waals surface area contributed by atoms with E-state index in [1.54, 1.807) is 0 Å². The Morgan fingerprint density at radius 1 is 1.62 bits per heavy atom. The molecule has 0 fully saturated rings. The molecule has 0 aromatic heterocycles. The summed E-state index contributed by atoms with van der Waals surface area (Å²) in [6.07, 6.45) is -2.37. The van der Waals surface area contributed by atoms with Crippen LogP contribution < -0.4 is 11.5 Å². The first kappa shape index (κ1) is 12.2. The van der Waals surface area contributed by atoms with Crippen LogP contribution >= 0.6 is 0 Å². The average Bonchev–Trinajstić information content (AvgIpc) is 2.12. The van der Waals surface area contributed by atoms with Gasteiger partial charge in [-0.05, 0) is 0 Å². The number of hydrogen-bond acceptors (Lipinski definition) is 2. The van der Waals surface area contributed by atoms with Gasteiger partial charge in [-0.25, -0.2) is 13.6 Å². The zero-order chi connectivity index (χ0) is 10.5. The molecule has 0 bridgehead atoms. The third-order valence-electron chi connectivity index (χ3n) is 1.88. The van der Waals surface area contributed by atoms with E-state index in [1.807, 2.05) is 0 Å². The maximum absolute atomic E-state index is 12.5. The van der Waals surface area contributed by atoms with E-state index in [0.717, 1.165) is 7.11 Å². The predicted molar refractivity (Wildman–Crippen MR) is 40.6 cm³/mol. The van der Waals surface area contributed by atoms with Crippen LogP contribution in [0.15, 0.2) is 0 Å². The van der Waals surface area contributed by atoms with Gasteiger partial charge in [0.05, 0.1) is 13.7 Å². The molecule has 1 unspecified atom stereocenters. The molecule has 4 nitrogen and oxygen atoms in total. The first-order valence-electron chi connectivity index (χ1n) is 4.00. The average molecular weight is 198 g/mol. The second-order valence-corrected chi connectivity index (χ2v) is 2.91. The highest BCUT2D eigenvalue weighted by Gasteiger charge is 2.48. The van der Waals surface area contributed by atoms with E-state index in [1.165, 1.54) is 0 Å². The lowest BCUT2D eigenvalue weighted by Crippen LogP contribution is -2.80. The van der Waals surface area contributed by atoms with Crippen LogP contribution in [-0.4, -0.2) is 31.6 Å². The number of carbonyl (C=O) groups is 1. The first-order chi connectivity index (χ1) is 5.99. The molecule has 6 N–H and O–H groups in total. The quantitative estimate of drug-likeness (QED) is 0.523. The Morgan fingerprint density at radius 2 is 2.15 bits per heavy atom. The van der Waals surface area contributed by atoms with Crippen LogP contribution in [0.5, 0.6) is 0 Å². The molecule has 78 valence electrons. The number of alkyl halides is 2. The van der Waals surface area contributed by atoms with E-state index in [0.29, 0.717) is 13.0 Å². The summed E-state index contributed by atoms with van der Waals surface area (Å²) in [7, 11) is 1.08. The molecule has 0 amide bonds. The minimum absolute atomic E-state index is 0.000833. The molecular formula is C7H16F2N2O2+2. The van der Waals surface area contributed by atoms with Gasteiger partial charge in [-0.1, -0.05) is 0 Å². The van der Waals surface area contributed by atoms with E-state index in [2.05, 4.69) is 16.2 Å². The monoisotopic (exact) mass is 198 g/mol. The van der Waals surface area contributed by atoms with Gasteiger partial charge in [-0.3, -0.25) is 0 Å². The number of esters is 1. The van der Waals surface area contributed by atoms with Gasteiger partial charge in [-0.2, -0.15) is 0 Å². The van der Waals surface area contributed by atoms with Crippen molar-refractivity contribution in [2.24, 2.45) is 0 Å². The van der Waals surface area contributed by atoms with Gasteiger partial charge in [0.2, 0.25) is 0 Å². The molecule has 0 aliphatic rings. The third-order valence-corrected chi connectivity index (χ3v) is 1.88. The number of rotatable bonds is 5. The summed E-state index contributed by atoms with van der Waals surface area (Å²) in [5.74, 6) is -0.962. The highest BCUT2D eigenvalue weighted by molar-refractivity contribution is 5.79. The fraction of sp³-hybridized carbons (Fsp3) is 0.857. The summed E-state index contributed by atoms with van der Waals surface area (Å²) in [4.78, 5) is 11.0. The predicted octanol–water partition coefficient (Wildman–Crippen LogP) is -1.57. The van der Waals surface area contributed by atoms with Gasteiger partial charge in [-0.15, -0.1) is 0 Å². The molecule has 0 aliphatic carbocycles. The van der Waals surface area contributed by atoms with E-state index < -0.39 is 17.9 Å². The number of methoxy groups -OCH3 is 1. The SMILES string of the molecule is COC(=O)C([NH3+])(CCC[NH3+])C(F)F. The fourth-order valence-corrected chi connectivity index (χ4v) is 0.944. The molecule has 13 heavy (non-hydrogen) atoms. The zero-order valence-electron chi connectivity index (χ0n) is 7.69. The topological polar surface area (TPSA) is 81.6 Å². The number of quaternary nitrogens is 2. The standard InChI is InChI=1S/C7H14F2N2O2/c1-13-6(12)7(11,5(8)9)3-2-4-10/h5H,2-4,10-11H2,1H3/p+2. The molecule has 0 aromatic rings. The minimum Gasteiger partial charge on any atom is -0.464 e. The molecule has 6 heteroatoms. The normalized spacial score (nSPS) is 15.5. The maximum atomic E-state index is 12.5. The second kappa shape index (κ2) is 5.08. The van der Waals surface area contributed by atoms with Crippen LogP contribution in [0.3, 0.4) is 0 Å². The van der Waals surface area contributed by atoms with Crippen molar-refractivity contribution in [2.75, 3.05) is 13.7 Å². The molecule has 0 heterocycles. The molecule has 0 rings (SSSR count). The fourth-order valence-electron chi connectivity index (χ4n) is 0.944. The Kier molecular flexibility index (Phi) is 4.79. The largest absolute Gasteiger partial charge is 0.464 e. The summed E-state index contributed by atoms with van der Waals surface area (Å²) < 4.78 is 29.2. The van der Waals surface area contributed by atoms with Crippen molar-refractivity contribution in [1.29, 1.82) is 0 Å². The molecule has 0 radical (unpaired) electrons. The number of hydrogen-bond donors (Lipinski definition) is 2. The lowest BCUT2D eigenvalue weighted by Gasteiger charge is -2.20. The first-order valence-corrected chi connectivity index (χ1v) is 4.00. The molecule has 0 saturated carbocycles. The van der Waals surface area contributed by atoms with Crippen LogP contribution in [0, 0.1) is 0 Å². The summed E-state index contributed by atoms with van der Waals surface area (Å²) in [5, 5.41) is 0. The second-order valence-electron chi connectivity index (χ2n) is 2.91. The molecule has 1 atom stereocenters. The van der Waals surface area contributed by atoms with Crippen LogP contribution in [0.2, 0.25) is 0 Å². The summed E-state index contributed by atoms with van der Waals surface area (Å²) in [6, 6.07) is 0. The van der Waals surface area contributed by atoms with Gasteiger partial charge in [0.25, 0.3) is 5.54 Å². The van der Waals surface area contributed by atoms with Gasteiger partial charge in [0.1, 0.15) is 0 Å². The molecule has 0 aliphatic heterocycles. The van der Waals surface area contributed by atoms with Crippen molar-refractivity contribution in [3.05, 3.63) is 0 Å². The van der Waals surface area contributed by atoms with Crippen molar-refractivity contribution in [2.45, 2.75) is 24.8 Å². The van der Waals surface area contributed by atoms with Gasteiger partial charge in [0, 0.05) is 12.8 Å². The highest BCUT2D eigenvalue weighted by atomic mass is 19.3. The van der Waals surface area contributed by atoms with Crippen LogP contribution in [-0.2, 0) is 9.53 Å². The van der Waals surface area contributed by atoms with E-state index in [9.17, 15) is 13.6 Å². The smallest absolute Gasteiger partial charge is 0.373 e. The molecule has 0 saturated heterocycles. The van der Waals surface area contributed by atoms with Crippen molar-refractivity contribution < 1.29 is 29.8 Å². The van der Waals surface area contributed by atoms with Gasteiger partial charge in [0.15, 0.2) is 0 Å². The van der Waals surface area contributed by atoms with Crippen molar-refractivity contribution >= 4 is 5.97 Å². The van der Waals surface area contributed by atoms with Crippen LogP contribution in [0.1, 0.15) is 12.8 Å². The van der Waals surface area contributed by atoms with Gasteiger partial charge < -0.3 is 16.2 Å². The van der Waals surface area contributed by atoms with Crippen LogP contribution in [0.4, 0.5) is 8.78 Å². The summed E-state index contributed by atoms with van der Waals surface area (Å²) in [5.41, 5.74) is 4.81. The lowest BCUT2D eigenvalue weighted by atomic mass is 9.95. The van der Waals surface area contributed by atoms with E-state index in [-0.39, 0.29) is 6.42 Å².